The lowest BCUT2D eigenvalue weighted by atomic mass is 10.1. The molecule has 0 aliphatic heterocycles. The van der Waals surface area contributed by atoms with E-state index in [0.29, 0.717) is 17.6 Å². The van der Waals surface area contributed by atoms with E-state index in [2.05, 4.69) is 10.5 Å². The van der Waals surface area contributed by atoms with Crippen LogP contribution in [0.2, 0.25) is 0 Å². The molecule has 0 saturated heterocycles. The number of nitrogens with two attached hydrogens (primary N) is 1. The first-order valence-electron chi connectivity index (χ1n) is 7.19. The normalized spacial score (nSPS) is 27.0. The number of rotatable bonds is 5. The second-order valence-corrected chi connectivity index (χ2v) is 5.68. The summed E-state index contributed by atoms with van der Waals surface area (Å²) < 4.78 is 5.31. The summed E-state index contributed by atoms with van der Waals surface area (Å²) in [6.45, 7) is 0.0215. The van der Waals surface area contributed by atoms with Crippen molar-refractivity contribution in [3.63, 3.8) is 0 Å². The van der Waals surface area contributed by atoms with Crippen LogP contribution in [-0.2, 0) is 4.79 Å². The highest BCUT2D eigenvalue weighted by Gasteiger charge is 2.56. The number of ether oxygens (including phenoxy) is 1. The van der Waals surface area contributed by atoms with Gasteiger partial charge in [-0.3, -0.25) is 4.79 Å². The lowest BCUT2D eigenvalue weighted by molar-refractivity contribution is -0.118. The van der Waals surface area contributed by atoms with E-state index in [0.717, 1.165) is 5.69 Å². The van der Waals surface area contributed by atoms with Crippen molar-refractivity contribution < 1.29 is 14.7 Å². The first-order valence-corrected chi connectivity index (χ1v) is 7.19. The van der Waals surface area contributed by atoms with Gasteiger partial charge in [-0.05, 0) is 48.9 Å². The molecule has 0 aromatic heterocycles. The van der Waals surface area contributed by atoms with E-state index in [-0.39, 0.29) is 24.3 Å². The first-order chi connectivity index (χ1) is 10.2. The third kappa shape index (κ3) is 2.94. The number of fused-ring (bicyclic) bond motifs is 1. The maximum Gasteiger partial charge on any atom is 0.228 e. The Hall–Kier alpha value is -2.24. The smallest absolute Gasteiger partial charge is 0.228 e. The fourth-order valence-corrected chi connectivity index (χ4v) is 3.26. The van der Waals surface area contributed by atoms with Crippen LogP contribution >= 0.6 is 0 Å². The van der Waals surface area contributed by atoms with Gasteiger partial charge in [0.1, 0.15) is 12.4 Å². The molecule has 0 radical (unpaired) electrons. The van der Waals surface area contributed by atoms with Crippen LogP contribution in [0.1, 0.15) is 19.3 Å². The maximum atomic E-state index is 12.1. The number of anilines is 1. The minimum Gasteiger partial charge on any atom is -0.486 e. The Morgan fingerprint density at radius 1 is 1.33 bits per heavy atom. The number of carbonyl (C=O) groups is 1. The first kappa shape index (κ1) is 13.7. The summed E-state index contributed by atoms with van der Waals surface area (Å²) in [5, 5.41) is 14.2. The second kappa shape index (κ2) is 5.63. The Bertz CT molecular complexity index is 546. The summed E-state index contributed by atoms with van der Waals surface area (Å²) in [4.78, 5) is 12.1. The molecule has 6 heteroatoms. The van der Waals surface area contributed by atoms with Gasteiger partial charge in [-0.2, -0.15) is 0 Å². The molecule has 3 rings (SSSR count). The van der Waals surface area contributed by atoms with Gasteiger partial charge >= 0.3 is 0 Å². The second-order valence-electron chi connectivity index (χ2n) is 5.68. The molecule has 1 aromatic rings. The minimum atomic E-state index is 0.00709. The average Bonchev–Trinajstić information content (AvgIpc) is 2.99. The fraction of sp³-hybridized carbons (Fsp3) is 0.467. The SMILES string of the molecule is N/C(COc1ccc(NC(=O)C2C3CCCC32)cc1)=N/O. The van der Waals surface area contributed by atoms with Gasteiger partial charge in [0.05, 0.1) is 0 Å². The molecule has 0 bridgehead atoms. The van der Waals surface area contributed by atoms with Crippen LogP contribution in [0.15, 0.2) is 29.4 Å². The number of oxime groups is 1. The number of benzene rings is 1. The van der Waals surface area contributed by atoms with Gasteiger partial charge in [0.15, 0.2) is 5.84 Å². The van der Waals surface area contributed by atoms with Gasteiger partial charge in [-0.1, -0.05) is 11.6 Å². The van der Waals surface area contributed by atoms with Crippen LogP contribution in [0, 0.1) is 17.8 Å². The van der Waals surface area contributed by atoms with Gasteiger partial charge in [0.2, 0.25) is 5.91 Å². The molecule has 0 spiro atoms. The van der Waals surface area contributed by atoms with E-state index < -0.39 is 0 Å². The van der Waals surface area contributed by atoms with E-state index in [1.54, 1.807) is 24.3 Å². The molecule has 2 aliphatic carbocycles. The Kier molecular flexibility index (Phi) is 3.68. The number of amidine groups is 1. The highest BCUT2D eigenvalue weighted by atomic mass is 16.5. The predicted molar refractivity (Wildman–Crippen MR) is 78.3 cm³/mol. The minimum absolute atomic E-state index is 0.00709. The zero-order chi connectivity index (χ0) is 14.8. The molecule has 1 aromatic carbocycles. The molecule has 2 atom stereocenters. The molecule has 2 saturated carbocycles. The van der Waals surface area contributed by atoms with Gasteiger partial charge in [0.25, 0.3) is 0 Å². The van der Waals surface area contributed by atoms with Crippen molar-refractivity contribution >= 4 is 17.4 Å². The number of nitrogens with one attached hydrogen (secondary N) is 1. The quantitative estimate of drug-likeness (QED) is 0.333. The van der Waals surface area contributed by atoms with Crippen LogP contribution in [0.25, 0.3) is 0 Å². The summed E-state index contributed by atoms with van der Waals surface area (Å²) >= 11 is 0. The van der Waals surface area contributed by atoms with E-state index in [4.69, 9.17) is 15.7 Å². The highest BCUT2D eigenvalue weighted by Crippen LogP contribution is 2.57. The Balaban J connectivity index is 1.51. The molecular formula is C15H19N3O3. The molecule has 1 amide bonds. The van der Waals surface area contributed by atoms with Crippen LogP contribution < -0.4 is 15.8 Å². The zero-order valence-electron chi connectivity index (χ0n) is 11.7. The third-order valence-corrected chi connectivity index (χ3v) is 4.35. The maximum absolute atomic E-state index is 12.1. The Labute approximate surface area is 123 Å². The van der Waals surface area contributed by atoms with Crippen molar-refractivity contribution in [3.8, 4) is 5.75 Å². The van der Waals surface area contributed by atoms with Crippen molar-refractivity contribution in [2.75, 3.05) is 11.9 Å². The van der Waals surface area contributed by atoms with Crippen molar-refractivity contribution in [2.45, 2.75) is 19.3 Å². The predicted octanol–water partition coefficient (Wildman–Crippen LogP) is 1.80. The largest absolute Gasteiger partial charge is 0.486 e. The number of nitrogens with zero attached hydrogens (tertiary/aromatic N) is 1. The lowest BCUT2D eigenvalue weighted by Crippen LogP contribution is -2.20. The van der Waals surface area contributed by atoms with Crippen LogP contribution in [0.5, 0.6) is 5.75 Å². The van der Waals surface area contributed by atoms with Crippen molar-refractivity contribution in [3.05, 3.63) is 24.3 Å². The van der Waals surface area contributed by atoms with E-state index in [9.17, 15) is 4.79 Å². The lowest BCUT2D eigenvalue weighted by Gasteiger charge is -2.08. The number of carbonyl (C=O) groups excluding carboxylic acids is 1. The third-order valence-electron chi connectivity index (χ3n) is 4.35. The number of hydrogen-bond donors (Lipinski definition) is 3. The summed E-state index contributed by atoms with van der Waals surface area (Å²) in [6, 6.07) is 7.07. The van der Waals surface area contributed by atoms with Gasteiger partial charge in [0, 0.05) is 11.6 Å². The van der Waals surface area contributed by atoms with E-state index in [1.807, 2.05) is 0 Å². The number of amides is 1. The summed E-state index contributed by atoms with van der Waals surface area (Å²) in [6.07, 6.45) is 3.66. The van der Waals surface area contributed by atoms with Gasteiger partial charge in [-0.15, -0.1) is 0 Å². The fourth-order valence-electron chi connectivity index (χ4n) is 3.26. The topological polar surface area (TPSA) is 96.9 Å². The monoisotopic (exact) mass is 289 g/mol. The molecule has 2 aliphatic rings. The van der Waals surface area contributed by atoms with E-state index >= 15 is 0 Å². The highest BCUT2D eigenvalue weighted by molar-refractivity contribution is 5.95. The molecule has 0 heterocycles. The summed E-state index contributed by atoms with van der Waals surface area (Å²) in [5.74, 6) is 2.20. The van der Waals surface area contributed by atoms with Crippen molar-refractivity contribution in [2.24, 2.45) is 28.6 Å². The average molecular weight is 289 g/mol. The van der Waals surface area contributed by atoms with Crippen LogP contribution in [0.3, 0.4) is 0 Å². The van der Waals surface area contributed by atoms with Crippen molar-refractivity contribution in [1.29, 1.82) is 0 Å². The zero-order valence-corrected chi connectivity index (χ0v) is 11.7. The molecule has 112 valence electrons. The number of hydrogen-bond acceptors (Lipinski definition) is 4. The Morgan fingerprint density at radius 3 is 2.62 bits per heavy atom. The van der Waals surface area contributed by atoms with E-state index in [1.165, 1.54) is 19.3 Å². The van der Waals surface area contributed by atoms with Gasteiger partial charge in [-0.25, -0.2) is 0 Å². The molecule has 2 unspecified atom stereocenters. The molecule has 2 fully saturated rings. The van der Waals surface area contributed by atoms with Gasteiger partial charge < -0.3 is 21.0 Å². The van der Waals surface area contributed by atoms with Crippen molar-refractivity contribution in [1.82, 2.24) is 0 Å². The summed E-state index contributed by atoms with van der Waals surface area (Å²) in [7, 11) is 0. The molecule has 4 N–H and O–H groups in total. The molecule has 21 heavy (non-hydrogen) atoms. The van der Waals surface area contributed by atoms with Crippen LogP contribution in [0.4, 0.5) is 5.69 Å². The standard InChI is InChI=1S/C15H19N3O3/c16-13(18-20)8-21-10-6-4-9(5-7-10)17-15(19)14-11-2-1-3-12(11)14/h4-7,11-12,14,20H,1-3,8H2,(H2,16,18)(H,17,19). The summed E-state index contributed by atoms with van der Waals surface area (Å²) in [5.41, 5.74) is 6.08. The Morgan fingerprint density at radius 2 is 2.00 bits per heavy atom. The molecular weight excluding hydrogens is 270 g/mol. The van der Waals surface area contributed by atoms with Crippen LogP contribution in [-0.4, -0.2) is 23.6 Å². The molecule has 6 nitrogen and oxygen atoms in total.